The lowest BCUT2D eigenvalue weighted by Gasteiger charge is -2.24. The third-order valence-corrected chi connectivity index (χ3v) is 5.31. The van der Waals surface area contributed by atoms with Crippen LogP contribution in [0.2, 0.25) is 0 Å². The number of fused-ring (bicyclic) bond motifs is 2. The predicted octanol–water partition coefficient (Wildman–Crippen LogP) is 4.37. The maximum Gasteiger partial charge on any atom is 0.290 e. The molecule has 1 amide bonds. The van der Waals surface area contributed by atoms with Gasteiger partial charge in [0.25, 0.3) is 5.91 Å². The lowest BCUT2D eigenvalue weighted by molar-refractivity contribution is 0.0728. The second-order valence-corrected chi connectivity index (χ2v) is 7.30. The first-order valence-corrected chi connectivity index (χ1v) is 9.49. The number of hydrogen-bond acceptors (Lipinski definition) is 4. The molecule has 0 fully saturated rings. The minimum Gasteiger partial charge on any atom is -0.497 e. The fourth-order valence-corrected chi connectivity index (χ4v) is 4.12. The lowest BCUT2D eigenvalue weighted by atomic mass is 9.97. The first kappa shape index (κ1) is 18.3. The molecule has 5 nitrogen and oxygen atoms in total. The molecule has 4 rings (SSSR count). The first-order chi connectivity index (χ1) is 13.5. The van der Waals surface area contributed by atoms with Crippen LogP contribution in [0.5, 0.6) is 5.75 Å². The van der Waals surface area contributed by atoms with Gasteiger partial charge in [-0.2, -0.15) is 0 Å². The van der Waals surface area contributed by atoms with Crippen LogP contribution in [0.1, 0.15) is 52.2 Å². The summed E-state index contributed by atoms with van der Waals surface area (Å²) in [5.41, 5.74) is 3.51. The van der Waals surface area contributed by atoms with Crippen molar-refractivity contribution >= 4 is 16.9 Å². The Bertz CT molecular complexity index is 1130. The zero-order chi connectivity index (χ0) is 20.0. The highest BCUT2D eigenvalue weighted by molar-refractivity contribution is 5.99. The van der Waals surface area contributed by atoms with Crippen molar-refractivity contribution in [2.45, 2.75) is 33.2 Å². The van der Waals surface area contributed by atoms with Gasteiger partial charge in [0.15, 0.2) is 5.43 Å². The van der Waals surface area contributed by atoms with Crippen molar-refractivity contribution in [1.82, 2.24) is 4.90 Å². The fraction of sp³-hybridized carbons (Fsp3) is 0.304. The summed E-state index contributed by atoms with van der Waals surface area (Å²) in [7, 11) is 1.61. The highest BCUT2D eigenvalue weighted by Gasteiger charge is 2.42. The van der Waals surface area contributed by atoms with Gasteiger partial charge in [-0.15, -0.1) is 0 Å². The van der Waals surface area contributed by atoms with Gasteiger partial charge in [0, 0.05) is 6.54 Å². The van der Waals surface area contributed by atoms with Crippen molar-refractivity contribution in [1.29, 1.82) is 0 Å². The average molecular weight is 377 g/mol. The second kappa shape index (κ2) is 6.82. The summed E-state index contributed by atoms with van der Waals surface area (Å²) in [6.07, 6.45) is 0.790. The molecule has 1 aromatic heterocycles. The molecule has 0 saturated carbocycles. The van der Waals surface area contributed by atoms with Crippen LogP contribution < -0.4 is 10.2 Å². The Kier molecular flexibility index (Phi) is 4.46. The molecule has 28 heavy (non-hydrogen) atoms. The van der Waals surface area contributed by atoms with Crippen LogP contribution in [-0.2, 0) is 0 Å². The van der Waals surface area contributed by atoms with Gasteiger partial charge in [-0.25, -0.2) is 0 Å². The fourth-order valence-electron chi connectivity index (χ4n) is 4.12. The van der Waals surface area contributed by atoms with Crippen LogP contribution in [0.15, 0.2) is 45.6 Å². The maximum absolute atomic E-state index is 13.5. The quantitative estimate of drug-likeness (QED) is 0.677. The van der Waals surface area contributed by atoms with Crippen molar-refractivity contribution in [2.24, 2.45) is 0 Å². The van der Waals surface area contributed by atoms with Gasteiger partial charge < -0.3 is 14.1 Å². The molecule has 0 N–H and O–H groups in total. The zero-order valence-corrected chi connectivity index (χ0v) is 16.5. The molecule has 1 aliphatic rings. The molecule has 0 spiro atoms. The topological polar surface area (TPSA) is 59.8 Å². The molecule has 1 unspecified atom stereocenters. The van der Waals surface area contributed by atoms with E-state index in [1.807, 2.05) is 57.2 Å². The van der Waals surface area contributed by atoms with Crippen molar-refractivity contribution in [3.8, 4) is 5.75 Å². The summed E-state index contributed by atoms with van der Waals surface area (Å²) in [6, 6.07) is 10.8. The minimum atomic E-state index is -0.449. The minimum absolute atomic E-state index is 0.124. The van der Waals surface area contributed by atoms with Crippen molar-refractivity contribution in [2.75, 3.05) is 13.7 Å². The molecule has 5 heteroatoms. The normalized spacial score (nSPS) is 15.9. The van der Waals surface area contributed by atoms with Crippen molar-refractivity contribution in [3.05, 3.63) is 74.6 Å². The number of rotatable bonds is 4. The Morgan fingerprint density at radius 1 is 1.11 bits per heavy atom. The number of methoxy groups -OCH3 is 1. The maximum atomic E-state index is 13.5. The Morgan fingerprint density at radius 3 is 2.46 bits per heavy atom. The van der Waals surface area contributed by atoms with Crippen LogP contribution >= 0.6 is 0 Å². The van der Waals surface area contributed by atoms with Gasteiger partial charge in [0.2, 0.25) is 5.76 Å². The van der Waals surface area contributed by atoms with Crippen molar-refractivity contribution < 1.29 is 13.9 Å². The number of hydrogen-bond donors (Lipinski definition) is 0. The van der Waals surface area contributed by atoms with E-state index >= 15 is 0 Å². The summed E-state index contributed by atoms with van der Waals surface area (Å²) in [4.78, 5) is 28.4. The number of carbonyl (C=O) groups is 1. The second-order valence-electron chi connectivity index (χ2n) is 7.30. The predicted molar refractivity (Wildman–Crippen MR) is 108 cm³/mol. The number of amides is 1. The Morgan fingerprint density at radius 2 is 1.82 bits per heavy atom. The van der Waals surface area contributed by atoms with E-state index in [9.17, 15) is 9.59 Å². The molecule has 144 valence electrons. The van der Waals surface area contributed by atoms with E-state index in [0.717, 1.165) is 28.9 Å². The summed E-state index contributed by atoms with van der Waals surface area (Å²) in [5, 5.41) is 0.550. The third-order valence-electron chi connectivity index (χ3n) is 5.31. The van der Waals surface area contributed by atoms with Gasteiger partial charge in [-0.05, 0) is 55.2 Å². The van der Waals surface area contributed by atoms with E-state index in [4.69, 9.17) is 9.15 Å². The van der Waals surface area contributed by atoms with Crippen LogP contribution in [0, 0.1) is 13.8 Å². The number of carbonyl (C=O) groups excluding carboxylic acids is 1. The van der Waals surface area contributed by atoms with Gasteiger partial charge in [0.05, 0.1) is 24.1 Å². The number of benzene rings is 2. The zero-order valence-electron chi connectivity index (χ0n) is 16.5. The Labute approximate surface area is 163 Å². The molecule has 0 bridgehead atoms. The van der Waals surface area contributed by atoms with Crippen LogP contribution in [0.3, 0.4) is 0 Å². The molecule has 1 atom stereocenters. The highest BCUT2D eigenvalue weighted by atomic mass is 16.5. The van der Waals surface area contributed by atoms with E-state index in [1.165, 1.54) is 0 Å². The van der Waals surface area contributed by atoms with Gasteiger partial charge >= 0.3 is 0 Å². The molecule has 3 aromatic rings. The number of ether oxygens (including phenoxy) is 1. The molecule has 2 aromatic carbocycles. The van der Waals surface area contributed by atoms with E-state index in [0.29, 0.717) is 23.1 Å². The van der Waals surface area contributed by atoms with Gasteiger partial charge in [-0.1, -0.05) is 25.1 Å². The average Bonchev–Trinajstić information content (AvgIpc) is 2.94. The van der Waals surface area contributed by atoms with Crippen LogP contribution in [0.25, 0.3) is 11.0 Å². The standard InChI is InChI=1S/C23H23NO4/c1-5-10-24-20(15-6-8-16(27-4)9-7-15)19-21(25)18-14(3)11-13(2)12-17(18)28-22(19)23(24)26/h6-9,11-12,20H,5,10H2,1-4H3. The summed E-state index contributed by atoms with van der Waals surface area (Å²) >= 11 is 0. The van der Waals surface area contributed by atoms with E-state index in [-0.39, 0.29) is 17.1 Å². The van der Waals surface area contributed by atoms with Crippen LogP contribution in [0.4, 0.5) is 0 Å². The lowest BCUT2D eigenvalue weighted by Crippen LogP contribution is -2.30. The van der Waals surface area contributed by atoms with E-state index < -0.39 is 6.04 Å². The highest BCUT2D eigenvalue weighted by Crippen LogP contribution is 2.39. The summed E-state index contributed by atoms with van der Waals surface area (Å²) < 4.78 is 11.3. The number of aryl methyl sites for hydroxylation is 2. The molecule has 1 aliphatic heterocycles. The Hall–Kier alpha value is -3.08. The number of nitrogens with zero attached hydrogens (tertiary/aromatic N) is 1. The van der Waals surface area contributed by atoms with E-state index in [2.05, 4.69) is 0 Å². The van der Waals surface area contributed by atoms with Gasteiger partial charge in [-0.3, -0.25) is 9.59 Å². The molecule has 2 heterocycles. The van der Waals surface area contributed by atoms with E-state index in [1.54, 1.807) is 12.0 Å². The third kappa shape index (κ3) is 2.70. The smallest absolute Gasteiger partial charge is 0.290 e. The molecular formula is C23H23NO4. The van der Waals surface area contributed by atoms with Crippen molar-refractivity contribution in [3.63, 3.8) is 0 Å². The van der Waals surface area contributed by atoms with Crippen LogP contribution in [-0.4, -0.2) is 24.5 Å². The SMILES string of the molecule is CCCN1C(=O)c2oc3cc(C)cc(C)c3c(=O)c2C1c1ccc(OC)cc1. The summed E-state index contributed by atoms with van der Waals surface area (Å²) in [6.45, 7) is 6.42. The first-order valence-electron chi connectivity index (χ1n) is 9.49. The molecule has 0 saturated heterocycles. The monoisotopic (exact) mass is 377 g/mol. The molecular weight excluding hydrogens is 354 g/mol. The summed E-state index contributed by atoms with van der Waals surface area (Å²) in [5.74, 6) is 0.666. The molecule has 0 aliphatic carbocycles. The Balaban J connectivity index is 2.00. The largest absolute Gasteiger partial charge is 0.497 e. The molecule has 0 radical (unpaired) electrons. The van der Waals surface area contributed by atoms with Gasteiger partial charge in [0.1, 0.15) is 11.3 Å².